The van der Waals surface area contributed by atoms with Gasteiger partial charge in [0.25, 0.3) is 0 Å². The Morgan fingerprint density at radius 2 is 1.87 bits per heavy atom. The van der Waals surface area contributed by atoms with E-state index in [0.29, 0.717) is 28.3 Å². The number of pyridine rings is 3. The lowest BCUT2D eigenvalue weighted by atomic mass is 10.0. The molecule has 0 aliphatic heterocycles. The van der Waals surface area contributed by atoms with E-state index in [-0.39, 0.29) is 0 Å². The highest BCUT2D eigenvalue weighted by atomic mass is 16.3. The smallest absolute Gasteiger partial charge is 0.150 e. The summed E-state index contributed by atoms with van der Waals surface area (Å²) in [5.74, 6) is 0.599. The molecule has 0 spiro atoms. The topological polar surface area (TPSA) is 118 Å². The number of rotatable bonds is 6. The highest BCUT2D eigenvalue weighted by Gasteiger charge is 2.20. The number of aliphatic hydroxyl groups excluding tert-OH is 1. The van der Waals surface area contributed by atoms with E-state index >= 15 is 0 Å². The number of aliphatic hydroxyl groups is 2. The molecule has 3 rings (SSSR count). The van der Waals surface area contributed by atoms with Crippen molar-refractivity contribution in [1.82, 2.24) is 15.0 Å². The third-order valence-electron chi connectivity index (χ3n) is 4.84. The number of hydrogen-bond acceptors (Lipinski definition) is 8. The first-order chi connectivity index (χ1) is 14.6. The molecule has 0 bridgehead atoms. The summed E-state index contributed by atoms with van der Waals surface area (Å²) in [7, 11) is 3.67. The predicted molar refractivity (Wildman–Crippen MR) is 119 cm³/mol. The van der Waals surface area contributed by atoms with Crippen LogP contribution in [0, 0.1) is 18.3 Å². The number of aryl methyl sites for hydroxylation is 1. The third kappa shape index (κ3) is 4.97. The molecule has 1 atom stereocenters. The monoisotopic (exact) mass is 418 g/mol. The largest absolute Gasteiger partial charge is 0.384 e. The number of hydrogen-bond donors (Lipinski definition) is 3. The minimum Gasteiger partial charge on any atom is -0.384 e. The fraction of sp³-hybridized carbons (Fsp3) is 0.304. The Morgan fingerprint density at radius 1 is 1.13 bits per heavy atom. The average Bonchev–Trinajstić information content (AvgIpc) is 2.74. The van der Waals surface area contributed by atoms with Crippen molar-refractivity contribution in [1.29, 1.82) is 5.26 Å². The summed E-state index contributed by atoms with van der Waals surface area (Å²) in [5.41, 5.74) is 3.33. The minimum absolute atomic E-state index is 0.463. The van der Waals surface area contributed by atoms with Gasteiger partial charge in [0.15, 0.2) is 6.23 Å². The molecule has 1 unspecified atom stereocenters. The first kappa shape index (κ1) is 22.2. The van der Waals surface area contributed by atoms with Crippen molar-refractivity contribution in [3.05, 3.63) is 65.4 Å². The maximum Gasteiger partial charge on any atom is 0.150 e. The lowest BCUT2D eigenvalue weighted by Crippen LogP contribution is -2.19. The molecule has 8 heteroatoms. The Kier molecular flexibility index (Phi) is 6.20. The molecule has 8 nitrogen and oxygen atoms in total. The molecule has 0 radical (unpaired) electrons. The van der Waals surface area contributed by atoms with Crippen LogP contribution in [-0.4, -0.2) is 39.3 Å². The fourth-order valence-electron chi connectivity index (χ4n) is 3.14. The van der Waals surface area contributed by atoms with E-state index < -0.39 is 11.8 Å². The normalized spacial score (nSPS) is 12.2. The molecule has 0 saturated carbocycles. The number of nitrogens with one attached hydrogen (secondary N) is 1. The van der Waals surface area contributed by atoms with E-state index in [4.69, 9.17) is 0 Å². The molecular formula is C23H26N6O2. The van der Waals surface area contributed by atoms with Gasteiger partial charge in [-0.1, -0.05) is 0 Å². The van der Waals surface area contributed by atoms with Crippen molar-refractivity contribution in [2.45, 2.75) is 32.6 Å². The Bertz CT molecular complexity index is 1130. The summed E-state index contributed by atoms with van der Waals surface area (Å²) in [6.07, 6.45) is 3.87. The van der Waals surface area contributed by atoms with E-state index in [1.807, 2.05) is 27.1 Å². The Morgan fingerprint density at radius 3 is 2.52 bits per heavy atom. The van der Waals surface area contributed by atoms with Gasteiger partial charge >= 0.3 is 0 Å². The lowest BCUT2D eigenvalue weighted by molar-refractivity contribution is 0.0735. The van der Waals surface area contributed by atoms with Gasteiger partial charge in [0.1, 0.15) is 17.5 Å². The van der Waals surface area contributed by atoms with Crippen LogP contribution in [-0.2, 0) is 5.60 Å². The van der Waals surface area contributed by atoms with Gasteiger partial charge in [0.2, 0.25) is 0 Å². The Labute approximate surface area is 181 Å². The molecule has 160 valence electrons. The van der Waals surface area contributed by atoms with Crippen LogP contribution in [0.5, 0.6) is 0 Å². The number of aromatic nitrogens is 3. The average molecular weight is 419 g/mol. The van der Waals surface area contributed by atoms with Crippen LogP contribution in [0.1, 0.15) is 42.6 Å². The van der Waals surface area contributed by atoms with Crippen molar-refractivity contribution in [2.75, 3.05) is 24.3 Å². The molecule has 31 heavy (non-hydrogen) atoms. The zero-order valence-corrected chi connectivity index (χ0v) is 18.2. The highest BCUT2D eigenvalue weighted by molar-refractivity contribution is 5.72. The van der Waals surface area contributed by atoms with Crippen molar-refractivity contribution in [2.24, 2.45) is 0 Å². The number of nitriles is 1. The van der Waals surface area contributed by atoms with Gasteiger partial charge in [0.05, 0.1) is 23.1 Å². The summed E-state index contributed by atoms with van der Waals surface area (Å²) in [4.78, 5) is 14.8. The van der Waals surface area contributed by atoms with Gasteiger partial charge in [-0.25, -0.2) is 4.98 Å². The Balaban J connectivity index is 1.91. The summed E-state index contributed by atoms with van der Waals surface area (Å²) in [6.45, 7) is 5.15. The second-order valence-electron chi connectivity index (χ2n) is 8.04. The van der Waals surface area contributed by atoms with Crippen molar-refractivity contribution in [3.63, 3.8) is 0 Å². The fourth-order valence-corrected chi connectivity index (χ4v) is 3.14. The molecule has 3 heterocycles. The van der Waals surface area contributed by atoms with E-state index in [2.05, 4.69) is 26.3 Å². The number of nitrogens with zero attached hydrogens (tertiary/aromatic N) is 5. The zero-order chi connectivity index (χ0) is 22.8. The summed E-state index contributed by atoms with van der Waals surface area (Å²) in [5, 5.41) is 33.3. The van der Waals surface area contributed by atoms with Crippen LogP contribution < -0.4 is 10.2 Å². The van der Waals surface area contributed by atoms with Crippen molar-refractivity contribution in [3.8, 4) is 17.2 Å². The maximum atomic E-state index is 10.7. The standard InChI is InChI=1S/C23H26N6O2/c1-14-19(17-8-16(11-24)21(27-12-17)29(4)5)10-18(13-26-14)28-22(30)15-6-7-25-20(9-15)23(2,3)31/h6-10,12-13,22,28,30-31H,1-5H3. The van der Waals surface area contributed by atoms with E-state index in [0.717, 1.165) is 16.8 Å². The summed E-state index contributed by atoms with van der Waals surface area (Å²) >= 11 is 0. The molecule has 3 aromatic heterocycles. The molecular weight excluding hydrogens is 392 g/mol. The second-order valence-corrected chi connectivity index (χ2v) is 8.04. The molecule has 0 amide bonds. The molecule has 0 aliphatic rings. The van der Waals surface area contributed by atoms with Crippen molar-refractivity contribution >= 4 is 11.5 Å². The van der Waals surface area contributed by atoms with E-state index in [9.17, 15) is 15.5 Å². The highest BCUT2D eigenvalue weighted by Crippen LogP contribution is 2.29. The zero-order valence-electron chi connectivity index (χ0n) is 18.2. The minimum atomic E-state index is -1.11. The van der Waals surface area contributed by atoms with Gasteiger partial charge in [-0.15, -0.1) is 0 Å². The van der Waals surface area contributed by atoms with E-state index in [1.54, 1.807) is 55.5 Å². The van der Waals surface area contributed by atoms with Gasteiger partial charge in [0, 0.05) is 48.9 Å². The first-order valence-corrected chi connectivity index (χ1v) is 9.78. The van der Waals surface area contributed by atoms with Crippen molar-refractivity contribution < 1.29 is 10.2 Å². The molecule has 3 N–H and O–H groups in total. The van der Waals surface area contributed by atoms with Crippen LogP contribution >= 0.6 is 0 Å². The van der Waals surface area contributed by atoms with Crippen LogP contribution in [0.2, 0.25) is 0 Å². The lowest BCUT2D eigenvalue weighted by Gasteiger charge is -2.20. The summed E-state index contributed by atoms with van der Waals surface area (Å²) < 4.78 is 0. The molecule has 0 aliphatic carbocycles. The second kappa shape index (κ2) is 8.68. The van der Waals surface area contributed by atoms with Crippen LogP contribution in [0.25, 0.3) is 11.1 Å². The van der Waals surface area contributed by atoms with Crippen LogP contribution in [0.3, 0.4) is 0 Å². The van der Waals surface area contributed by atoms with Gasteiger partial charge in [-0.05, 0) is 45.0 Å². The molecule has 0 aromatic carbocycles. The van der Waals surface area contributed by atoms with Gasteiger partial charge in [-0.2, -0.15) is 5.26 Å². The molecule has 0 fully saturated rings. The summed E-state index contributed by atoms with van der Waals surface area (Å²) in [6, 6.07) is 9.16. The van der Waals surface area contributed by atoms with Crippen LogP contribution in [0.15, 0.2) is 42.9 Å². The Hall–Kier alpha value is -3.54. The molecule has 0 saturated heterocycles. The third-order valence-corrected chi connectivity index (χ3v) is 4.84. The number of anilines is 2. The molecule has 3 aromatic rings. The first-order valence-electron chi connectivity index (χ1n) is 9.78. The van der Waals surface area contributed by atoms with Gasteiger partial charge in [-0.3, -0.25) is 9.97 Å². The SMILES string of the molecule is Cc1ncc(NC(O)c2ccnc(C(C)(C)O)c2)cc1-c1cnc(N(C)C)c(C#N)c1. The van der Waals surface area contributed by atoms with E-state index in [1.165, 1.54) is 0 Å². The predicted octanol–water partition coefficient (Wildman–Crippen LogP) is 3.12. The quantitative estimate of drug-likeness (QED) is 0.523. The van der Waals surface area contributed by atoms with Crippen LogP contribution in [0.4, 0.5) is 11.5 Å². The van der Waals surface area contributed by atoms with Gasteiger partial charge < -0.3 is 20.4 Å². The maximum absolute atomic E-state index is 10.7.